The lowest BCUT2D eigenvalue weighted by atomic mass is 10.3. The van der Waals surface area contributed by atoms with Crippen LogP contribution in [0.15, 0.2) is 12.3 Å². The first-order valence-corrected chi connectivity index (χ1v) is 3.68. The van der Waals surface area contributed by atoms with Gasteiger partial charge in [-0.15, -0.1) is 0 Å². The van der Waals surface area contributed by atoms with Crippen LogP contribution in [0.1, 0.15) is 27.2 Å². The van der Waals surface area contributed by atoms with E-state index in [1.54, 1.807) is 0 Å². The molecule has 0 spiro atoms. The van der Waals surface area contributed by atoms with Gasteiger partial charge in [-0.3, -0.25) is 0 Å². The molecule has 0 amide bonds. The van der Waals surface area contributed by atoms with Crippen molar-refractivity contribution in [3.8, 4) is 0 Å². The Morgan fingerprint density at radius 1 is 1.22 bits per heavy atom. The highest BCUT2D eigenvalue weighted by molar-refractivity contribution is 4.91. The Labute approximate surface area is 58.4 Å². The third kappa shape index (κ3) is 2.54. The monoisotopic (exact) mass is 127 g/mol. The van der Waals surface area contributed by atoms with Crippen molar-refractivity contribution in [1.82, 2.24) is 4.90 Å². The smallest absolute Gasteiger partial charge is 0.0146 e. The third-order valence-corrected chi connectivity index (χ3v) is 1.62. The molecule has 0 saturated carbocycles. The van der Waals surface area contributed by atoms with Gasteiger partial charge < -0.3 is 4.90 Å². The Hall–Kier alpha value is -0.460. The van der Waals surface area contributed by atoms with Gasteiger partial charge in [0.25, 0.3) is 0 Å². The fourth-order valence-electron chi connectivity index (χ4n) is 0.894. The van der Waals surface area contributed by atoms with E-state index < -0.39 is 0 Å². The first kappa shape index (κ1) is 8.54. The summed E-state index contributed by atoms with van der Waals surface area (Å²) in [6, 6.07) is 0. The molecule has 0 saturated heterocycles. The molecule has 0 atom stereocenters. The molecule has 0 N–H and O–H groups in total. The Morgan fingerprint density at radius 2 is 1.67 bits per heavy atom. The number of allylic oxidation sites excluding steroid dienone is 1. The summed E-state index contributed by atoms with van der Waals surface area (Å²) < 4.78 is 0. The molecule has 0 aliphatic rings. The van der Waals surface area contributed by atoms with Crippen LogP contribution in [0.5, 0.6) is 0 Å². The van der Waals surface area contributed by atoms with E-state index in [0.29, 0.717) is 0 Å². The minimum absolute atomic E-state index is 1.07. The van der Waals surface area contributed by atoms with Crippen LogP contribution in [0, 0.1) is 0 Å². The fourth-order valence-corrected chi connectivity index (χ4v) is 0.894. The van der Waals surface area contributed by atoms with Crippen molar-refractivity contribution in [2.24, 2.45) is 0 Å². The van der Waals surface area contributed by atoms with Gasteiger partial charge in [0.2, 0.25) is 0 Å². The Bertz CT molecular complexity index is 82.6. The first-order valence-electron chi connectivity index (χ1n) is 3.68. The van der Waals surface area contributed by atoms with Gasteiger partial charge >= 0.3 is 0 Å². The summed E-state index contributed by atoms with van der Waals surface area (Å²) in [6.07, 6.45) is 1.07. The van der Waals surface area contributed by atoms with E-state index in [9.17, 15) is 0 Å². The lowest BCUT2D eigenvalue weighted by Gasteiger charge is -2.21. The molecule has 0 aromatic carbocycles. The summed E-state index contributed by atoms with van der Waals surface area (Å²) in [5.41, 5.74) is 1.25. The van der Waals surface area contributed by atoms with Crippen LogP contribution in [0.3, 0.4) is 0 Å². The van der Waals surface area contributed by atoms with Gasteiger partial charge in [-0.25, -0.2) is 0 Å². The fraction of sp³-hybridized carbons (Fsp3) is 0.750. The van der Waals surface area contributed by atoms with Crippen molar-refractivity contribution in [2.75, 3.05) is 13.1 Å². The molecule has 0 bridgehead atoms. The van der Waals surface area contributed by atoms with Crippen molar-refractivity contribution >= 4 is 0 Å². The van der Waals surface area contributed by atoms with Crippen molar-refractivity contribution in [1.29, 1.82) is 0 Å². The number of nitrogens with zero attached hydrogens (tertiary/aromatic N) is 1. The zero-order chi connectivity index (χ0) is 7.28. The van der Waals surface area contributed by atoms with Crippen LogP contribution in [-0.4, -0.2) is 18.0 Å². The second-order valence-corrected chi connectivity index (χ2v) is 2.09. The number of hydrogen-bond acceptors (Lipinski definition) is 1. The second-order valence-electron chi connectivity index (χ2n) is 2.09. The molecule has 0 fully saturated rings. The highest BCUT2D eigenvalue weighted by Crippen LogP contribution is 2.03. The molecule has 1 heteroatoms. The normalized spacial score (nSPS) is 9.22. The standard InChI is InChI=1S/C8H17N/c1-5-8(4)9(6-2)7-3/h4-7H2,1-3H3. The summed E-state index contributed by atoms with van der Waals surface area (Å²) >= 11 is 0. The molecular weight excluding hydrogens is 110 g/mol. The van der Waals surface area contributed by atoms with Crippen LogP contribution in [0.25, 0.3) is 0 Å². The molecular formula is C8H17N. The molecule has 54 valence electrons. The average molecular weight is 127 g/mol. The van der Waals surface area contributed by atoms with Crippen LogP contribution in [0.4, 0.5) is 0 Å². The summed E-state index contributed by atoms with van der Waals surface area (Å²) in [4.78, 5) is 2.28. The molecule has 9 heavy (non-hydrogen) atoms. The highest BCUT2D eigenvalue weighted by Gasteiger charge is 1.97. The quantitative estimate of drug-likeness (QED) is 0.560. The summed E-state index contributed by atoms with van der Waals surface area (Å²) in [7, 11) is 0. The molecule has 0 radical (unpaired) electrons. The predicted octanol–water partition coefficient (Wildman–Crippen LogP) is 2.25. The molecule has 0 aromatic heterocycles. The Balaban J connectivity index is 3.64. The molecule has 0 aromatic rings. The van der Waals surface area contributed by atoms with Crippen molar-refractivity contribution < 1.29 is 0 Å². The van der Waals surface area contributed by atoms with Crippen molar-refractivity contribution in [2.45, 2.75) is 27.2 Å². The van der Waals surface area contributed by atoms with Crippen molar-refractivity contribution in [3.05, 3.63) is 12.3 Å². The number of rotatable bonds is 4. The average Bonchev–Trinajstić information content (AvgIpc) is 1.90. The maximum Gasteiger partial charge on any atom is 0.0146 e. The SMILES string of the molecule is C=C(CC)N(CC)CC. The number of hydrogen-bond donors (Lipinski definition) is 0. The predicted molar refractivity (Wildman–Crippen MR) is 42.4 cm³/mol. The summed E-state index contributed by atoms with van der Waals surface area (Å²) in [5, 5.41) is 0. The van der Waals surface area contributed by atoms with E-state index in [1.807, 2.05) is 0 Å². The summed E-state index contributed by atoms with van der Waals surface area (Å²) in [6.45, 7) is 12.6. The zero-order valence-electron chi connectivity index (χ0n) is 6.78. The molecule has 0 unspecified atom stereocenters. The molecule has 0 aliphatic carbocycles. The van der Waals surface area contributed by atoms with Crippen molar-refractivity contribution in [3.63, 3.8) is 0 Å². The van der Waals surface area contributed by atoms with Gasteiger partial charge in [-0.05, 0) is 20.3 Å². The maximum absolute atomic E-state index is 3.94. The van der Waals surface area contributed by atoms with Gasteiger partial charge in [-0.2, -0.15) is 0 Å². The van der Waals surface area contributed by atoms with Crippen LogP contribution in [0.2, 0.25) is 0 Å². The maximum atomic E-state index is 3.94. The third-order valence-electron chi connectivity index (χ3n) is 1.62. The van der Waals surface area contributed by atoms with E-state index in [-0.39, 0.29) is 0 Å². The van der Waals surface area contributed by atoms with Gasteiger partial charge in [0.1, 0.15) is 0 Å². The van der Waals surface area contributed by atoms with Gasteiger partial charge in [-0.1, -0.05) is 13.5 Å². The highest BCUT2D eigenvalue weighted by atomic mass is 15.1. The molecule has 1 nitrogen and oxygen atoms in total. The van der Waals surface area contributed by atoms with Gasteiger partial charge in [0.05, 0.1) is 0 Å². The minimum atomic E-state index is 1.07. The lowest BCUT2D eigenvalue weighted by Crippen LogP contribution is -2.20. The largest absolute Gasteiger partial charge is 0.376 e. The van der Waals surface area contributed by atoms with Crippen LogP contribution in [-0.2, 0) is 0 Å². The van der Waals surface area contributed by atoms with E-state index >= 15 is 0 Å². The summed E-state index contributed by atoms with van der Waals surface area (Å²) in [5.74, 6) is 0. The molecule has 0 aliphatic heterocycles. The van der Waals surface area contributed by atoms with E-state index in [4.69, 9.17) is 0 Å². The van der Waals surface area contributed by atoms with Gasteiger partial charge in [0.15, 0.2) is 0 Å². The Kier molecular flexibility index (Phi) is 4.20. The topological polar surface area (TPSA) is 3.24 Å². The van der Waals surface area contributed by atoms with Gasteiger partial charge in [0, 0.05) is 18.8 Å². The zero-order valence-corrected chi connectivity index (χ0v) is 6.78. The van der Waals surface area contributed by atoms with Crippen LogP contribution >= 0.6 is 0 Å². The van der Waals surface area contributed by atoms with E-state index in [0.717, 1.165) is 19.5 Å². The molecule has 0 heterocycles. The lowest BCUT2D eigenvalue weighted by molar-refractivity contribution is 0.373. The Morgan fingerprint density at radius 3 is 1.78 bits per heavy atom. The van der Waals surface area contributed by atoms with Crippen LogP contribution < -0.4 is 0 Å². The van der Waals surface area contributed by atoms with E-state index in [1.165, 1.54) is 5.70 Å². The van der Waals surface area contributed by atoms with E-state index in [2.05, 4.69) is 32.3 Å². The molecule has 0 rings (SSSR count). The minimum Gasteiger partial charge on any atom is -0.376 e. The first-order chi connectivity index (χ1) is 4.26. The second kappa shape index (κ2) is 4.42.